The van der Waals surface area contributed by atoms with Gasteiger partial charge in [-0.05, 0) is 45.3 Å². The molecule has 0 amide bonds. The smallest absolute Gasteiger partial charge is 0.428 e. The van der Waals surface area contributed by atoms with Gasteiger partial charge in [-0.1, -0.05) is 12.1 Å². The molecule has 1 saturated heterocycles. The highest BCUT2D eigenvalue weighted by atomic mass is 19.3. The van der Waals surface area contributed by atoms with Gasteiger partial charge in [0.05, 0.1) is 11.2 Å². The first kappa shape index (κ1) is 17.1. The monoisotopic (exact) mass is 320 g/mol. The number of alkyl halides is 4. The van der Waals surface area contributed by atoms with E-state index >= 15 is 0 Å². The normalized spacial score (nSPS) is 20.5. The van der Waals surface area contributed by atoms with Crippen molar-refractivity contribution in [2.75, 3.05) is 0 Å². The summed E-state index contributed by atoms with van der Waals surface area (Å²) in [6.07, 6.45) is -8.42. The molecule has 0 N–H and O–H groups in total. The standard InChI is InChI=1S/C14H17BF4O3/c1-12(2)13(3,4)22-15(21-12)9-5-7-10(8-6-9)20-14(18,19)11(16)17/h5-8,11H,1-4H3. The fourth-order valence-corrected chi connectivity index (χ4v) is 1.87. The minimum absolute atomic E-state index is 0.356. The Labute approximate surface area is 126 Å². The van der Waals surface area contributed by atoms with Crippen LogP contribution in [0.4, 0.5) is 17.6 Å². The summed E-state index contributed by atoms with van der Waals surface area (Å²) in [5, 5.41) is 0. The summed E-state index contributed by atoms with van der Waals surface area (Å²) < 4.78 is 65.4. The third-order valence-electron chi connectivity index (χ3n) is 3.91. The topological polar surface area (TPSA) is 27.7 Å². The summed E-state index contributed by atoms with van der Waals surface area (Å²) in [6, 6.07) is 5.24. The van der Waals surface area contributed by atoms with Crippen LogP contribution in [-0.4, -0.2) is 30.9 Å². The van der Waals surface area contributed by atoms with E-state index in [9.17, 15) is 17.6 Å². The molecule has 0 radical (unpaired) electrons. The molecule has 1 aliphatic rings. The molecule has 1 aromatic carbocycles. The predicted molar refractivity (Wildman–Crippen MR) is 73.7 cm³/mol. The Morgan fingerprint density at radius 1 is 1.00 bits per heavy atom. The number of halogens is 4. The van der Waals surface area contributed by atoms with E-state index < -0.39 is 30.9 Å². The molecule has 22 heavy (non-hydrogen) atoms. The van der Waals surface area contributed by atoms with Crippen LogP contribution in [0.1, 0.15) is 27.7 Å². The summed E-state index contributed by atoms with van der Waals surface area (Å²) >= 11 is 0. The maximum Gasteiger partial charge on any atom is 0.494 e. The van der Waals surface area contributed by atoms with Crippen molar-refractivity contribution in [3.63, 3.8) is 0 Å². The Balaban J connectivity index is 2.11. The van der Waals surface area contributed by atoms with E-state index in [-0.39, 0.29) is 5.75 Å². The molecule has 0 bridgehead atoms. The SMILES string of the molecule is CC1(C)OB(c2ccc(OC(F)(F)C(F)F)cc2)OC1(C)C. The Bertz CT molecular complexity index is 515. The lowest BCUT2D eigenvalue weighted by molar-refractivity contribution is -0.253. The van der Waals surface area contributed by atoms with Crippen molar-refractivity contribution in [2.45, 2.75) is 51.4 Å². The zero-order valence-electron chi connectivity index (χ0n) is 12.7. The molecule has 0 aromatic heterocycles. The summed E-state index contributed by atoms with van der Waals surface area (Å²) in [5.74, 6) is -0.356. The van der Waals surface area contributed by atoms with Crippen molar-refractivity contribution in [3.8, 4) is 5.75 Å². The number of benzene rings is 1. The van der Waals surface area contributed by atoms with Crippen molar-refractivity contribution in [1.82, 2.24) is 0 Å². The fraction of sp³-hybridized carbons (Fsp3) is 0.571. The third kappa shape index (κ3) is 3.22. The molecule has 1 heterocycles. The Morgan fingerprint density at radius 3 is 1.86 bits per heavy atom. The number of ether oxygens (including phenoxy) is 1. The Morgan fingerprint density at radius 2 is 1.45 bits per heavy atom. The van der Waals surface area contributed by atoms with E-state index in [2.05, 4.69) is 4.74 Å². The average Bonchev–Trinajstić information content (AvgIpc) is 2.58. The first-order valence-electron chi connectivity index (χ1n) is 6.75. The quantitative estimate of drug-likeness (QED) is 0.630. The largest absolute Gasteiger partial charge is 0.494 e. The predicted octanol–water partition coefficient (Wildman–Crippen LogP) is 3.22. The summed E-state index contributed by atoms with van der Waals surface area (Å²) in [7, 11) is -0.658. The second-order valence-corrected chi connectivity index (χ2v) is 6.12. The second kappa shape index (κ2) is 5.42. The van der Waals surface area contributed by atoms with Gasteiger partial charge < -0.3 is 14.0 Å². The highest BCUT2D eigenvalue weighted by molar-refractivity contribution is 6.62. The molecule has 0 spiro atoms. The number of hydrogen-bond acceptors (Lipinski definition) is 3. The first-order valence-corrected chi connectivity index (χ1v) is 6.75. The van der Waals surface area contributed by atoms with E-state index in [1.807, 2.05) is 27.7 Å². The van der Waals surface area contributed by atoms with Gasteiger partial charge in [0, 0.05) is 0 Å². The second-order valence-electron chi connectivity index (χ2n) is 6.12. The Hall–Kier alpha value is -1.28. The van der Waals surface area contributed by atoms with E-state index in [0.717, 1.165) is 0 Å². The van der Waals surface area contributed by atoms with Gasteiger partial charge in [0.2, 0.25) is 0 Å². The third-order valence-corrected chi connectivity index (χ3v) is 3.91. The molecule has 3 nitrogen and oxygen atoms in total. The van der Waals surface area contributed by atoms with Crippen LogP contribution >= 0.6 is 0 Å². The number of hydrogen-bond donors (Lipinski definition) is 0. The molecule has 0 saturated carbocycles. The fourth-order valence-electron chi connectivity index (χ4n) is 1.87. The van der Waals surface area contributed by atoms with E-state index in [0.29, 0.717) is 5.46 Å². The van der Waals surface area contributed by atoms with Crippen molar-refractivity contribution in [3.05, 3.63) is 24.3 Å². The lowest BCUT2D eigenvalue weighted by Gasteiger charge is -2.32. The van der Waals surface area contributed by atoms with Crippen LogP contribution in [0.5, 0.6) is 5.75 Å². The van der Waals surface area contributed by atoms with Crippen LogP contribution < -0.4 is 10.2 Å². The zero-order valence-corrected chi connectivity index (χ0v) is 12.7. The highest BCUT2D eigenvalue weighted by Gasteiger charge is 2.51. The van der Waals surface area contributed by atoms with Crippen molar-refractivity contribution in [1.29, 1.82) is 0 Å². The maximum atomic E-state index is 12.8. The molecule has 122 valence electrons. The summed E-state index contributed by atoms with van der Waals surface area (Å²) in [5.41, 5.74) is -0.475. The molecule has 1 aromatic rings. The highest BCUT2D eigenvalue weighted by Crippen LogP contribution is 2.36. The van der Waals surface area contributed by atoms with Crippen LogP contribution in [0.15, 0.2) is 24.3 Å². The summed E-state index contributed by atoms with van der Waals surface area (Å²) in [6.45, 7) is 7.53. The van der Waals surface area contributed by atoms with Gasteiger partial charge in [-0.2, -0.15) is 17.6 Å². The molecule has 0 atom stereocenters. The van der Waals surface area contributed by atoms with Crippen LogP contribution in [0, 0.1) is 0 Å². The molecular formula is C14H17BF4O3. The maximum absolute atomic E-state index is 12.8. The van der Waals surface area contributed by atoms with Crippen molar-refractivity contribution >= 4 is 12.6 Å². The molecule has 1 fully saturated rings. The van der Waals surface area contributed by atoms with Crippen LogP contribution in [-0.2, 0) is 9.31 Å². The molecule has 0 unspecified atom stereocenters. The molecule has 8 heteroatoms. The van der Waals surface area contributed by atoms with Gasteiger partial charge in [0.25, 0.3) is 0 Å². The summed E-state index contributed by atoms with van der Waals surface area (Å²) in [4.78, 5) is 0. The van der Waals surface area contributed by atoms with E-state index in [1.165, 1.54) is 24.3 Å². The van der Waals surface area contributed by atoms with Gasteiger partial charge in [-0.25, -0.2) is 0 Å². The minimum Gasteiger partial charge on any atom is -0.428 e. The van der Waals surface area contributed by atoms with Crippen LogP contribution in [0.25, 0.3) is 0 Å². The molecular weight excluding hydrogens is 303 g/mol. The lowest BCUT2D eigenvalue weighted by atomic mass is 9.79. The van der Waals surface area contributed by atoms with E-state index in [1.54, 1.807) is 0 Å². The number of rotatable bonds is 4. The van der Waals surface area contributed by atoms with Gasteiger partial charge in [-0.15, -0.1) is 0 Å². The Kier molecular flexibility index (Phi) is 4.21. The van der Waals surface area contributed by atoms with Gasteiger partial charge in [0.15, 0.2) is 0 Å². The first-order chi connectivity index (χ1) is 9.95. The zero-order chi connectivity index (χ0) is 16.8. The van der Waals surface area contributed by atoms with E-state index in [4.69, 9.17) is 9.31 Å². The minimum atomic E-state index is -4.52. The molecule has 0 aliphatic carbocycles. The van der Waals surface area contributed by atoms with Gasteiger partial charge >= 0.3 is 19.7 Å². The van der Waals surface area contributed by atoms with Crippen LogP contribution in [0.3, 0.4) is 0 Å². The average molecular weight is 320 g/mol. The van der Waals surface area contributed by atoms with Gasteiger partial charge in [0.1, 0.15) is 5.75 Å². The lowest BCUT2D eigenvalue weighted by Crippen LogP contribution is -2.41. The van der Waals surface area contributed by atoms with Crippen molar-refractivity contribution < 1.29 is 31.6 Å². The molecule has 1 aliphatic heterocycles. The van der Waals surface area contributed by atoms with Gasteiger partial charge in [-0.3, -0.25) is 0 Å². The van der Waals surface area contributed by atoms with Crippen LogP contribution in [0.2, 0.25) is 0 Å². The van der Waals surface area contributed by atoms with Crippen molar-refractivity contribution in [2.24, 2.45) is 0 Å². The molecule has 2 rings (SSSR count).